The number of hydrogen-bond acceptors (Lipinski definition) is 5. The minimum absolute atomic E-state index is 0.0556. The largest absolute Gasteiger partial charge is 0.355 e. The van der Waals surface area contributed by atoms with E-state index in [1.807, 2.05) is 30.9 Å². The molecule has 1 unspecified atom stereocenters. The Morgan fingerprint density at radius 2 is 1.94 bits per heavy atom. The number of rotatable bonds is 4. The van der Waals surface area contributed by atoms with Crippen molar-refractivity contribution in [2.45, 2.75) is 68.9 Å². The fraction of sp³-hybridized carbons (Fsp3) is 0.520. The van der Waals surface area contributed by atoms with Crippen molar-refractivity contribution in [3.63, 3.8) is 0 Å². The molecule has 1 amide bonds. The van der Waals surface area contributed by atoms with Crippen LogP contribution in [0.25, 0.3) is 11.0 Å². The molecule has 2 N–H and O–H groups in total. The van der Waals surface area contributed by atoms with Crippen LogP contribution in [0.4, 0.5) is 0 Å². The van der Waals surface area contributed by atoms with E-state index < -0.39 is 0 Å². The molecular weight excluding hydrogens is 436 g/mol. The second-order valence-electron chi connectivity index (χ2n) is 9.93. The lowest BCUT2D eigenvalue weighted by Gasteiger charge is -2.31. The van der Waals surface area contributed by atoms with E-state index >= 15 is 0 Å². The van der Waals surface area contributed by atoms with Crippen LogP contribution >= 0.6 is 11.6 Å². The molecule has 2 saturated heterocycles. The molecule has 1 saturated carbocycles. The molecule has 6 rings (SSSR count). The molecule has 2 aliphatic heterocycles. The number of halogens is 1. The third kappa shape index (κ3) is 3.44. The molecule has 5 atom stereocenters. The predicted molar refractivity (Wildman–Crippen MR) is 128 cm³/mol. The summed E-state index contributed by atoms with van der Waals surface area (Å²) in [7, 11) is 3.62. The first-order valence-corrected chi connectivity index (χ1v) is 12.3. The average Bonchev–Trinajstić information content (AvgIpc) is 3.43. The summed E-state index contributed by atoms with van der Waals surface area (Å²) in [5, 5.41) is 13.1. The van der Waals surface area contributed by atoms with E-state index in [0.717, 1.165) is 63.5 Å². The van der Waals surface area contributed by atoms with Crippen LogP contribution in [0.15, 0.2) is 18.3 Å². The highest BCUT2D eigenvalue weighted by Crippen LogP contribution is 2.58. The summed E-state index contributed by atoms with van der Waals surface area (Å²) in [5.41, 5.74) is 4.83. The summed E-state index contributed by atoms with van der Waals surface area (Å²) >= 11 is 7.15. The van der Waals surface area contributed by atoms with Crippen molar-refractivity contribution < 1.29 is 4.79 Å². The maximum atomic E-state index is 12.8. The number of carbonyl (C=O) groups is 1. The SMILES string of the molecule is CNC(=O)c1ccc([C@H]2C[C@@H]2c2nn(C)c3nc(C)ncc23)c(Cl)c1C1C[C@H]2CC[C@@H](C1)N2. The smallest absolute Gasteiger partial charge is 0.251 e. The fourth-order valence-corrected chi connectivity index (χ4v) is 6.64. The molecule has 0 spiro atoms. The van der Waals surface area contributed by atoms with E-state index in [0.29, 0.717) is 29.8 Å². The van der Waals surface area contributed by atoms with E-state index in [1.54, 1.807) is 7.05 Å². The van der Waals surface area contributed by atoms with Crippen molar-refractivity contribution in [2.24, 2.45) is 7.05 Å². The lowest BCUT2D eigenvalue weighted by molar-refractivity contribution is 0.0961. The highest BCUT2D eigenvalue weighted by molar-refractivity contribution is 6.33. The number of benzene rings is 1. The molecule has 33 heavy (non-hydrogen) atoms. The predicted octanol–water partition coefficient (Wildman–Crippen LogP) is 3.95. The van der Waals surface area contributed by atoms with Crippen LogP contribution < -0.4 is 10.6 Å². The van der Waals surface area contributed by atoms with E-state index in [1.165, 1.54) is 12.8 Å². The summed E-state index contributed by atoms with van der Waals surface area (Å²) in [6.45, 7) is 1.90. The summed E-state index contributed by atoms with van der Waals surface area (Å²) in [5.74, 6) is 1.60. The summed E-state index contributed by atoms with van der Waals surface area (Å²) < 4.78 is 1.85. The van der Waals surface area contributed by atoms with E-state index in [9.17, 15) is 4.79 Å². The zero-order valence-electron chi connectivity index (χ0n) is 19.2. The summed E-state index contributed by atoms with van der Waals surface area (Å²) in [6.07, 6.45) is 7.40. The average molecular weight is 465 g/mol. The van der Waals surface area contributed by atoms with E-state index in [4.69, 9.17) is 16.7 Å². The number of amides is 1. The molecule has 2 bridgehead atoms. The number of hydrogen-bond donors (Lipinski definition) is 2. The van der Waals surface area contributed by atoms with Crippen LogP contribution in [-0.4, -0.2) is 44.8 Å². The second-order valence-corrected chi connectivity index (χ2v) is 10.3. The van der Waals surface area contributed by atoms with Gasteiger partial charge >= 0.3 is 0 Å². The maximum Gasteiger partial charge on any atom is 0.251 e. The molecule has 172 valence electrons. The van der Waals surface area contributed by atoms with Gasteiger partial charge in [-0.25, -0.2) is 9.97 Å². The Kier molecular flexibility index (Phi) is 4.96. The monoisotopic (exact) mass is 464 g/mol. The van der Waals surface area contributed by atoms with Gasteiger partial charge in [0.05, 0.1) is 11.1 Å². The lowest BCUT2D eigenvalue weighted by atomic mass is 9.82. The first kappa shape index (κ1) is 21.1. The third-order valence-corrected chi connectivity index (χ3v) is 8.25. The topological polar surface area (TPSA) is 84.7 Å². The molecule has 1 aliphatic carbocycles. The lowest BCUT2D eigenvalue weighted by Crippen LogP contribution is -2.38. The molecule has 8 heteroatoms. The molecule has 4 heterocycles. The Hall–Kier alpha value is -2.51. The molecular formula is C25H29ClN6O. The van der Waals surface area contributed by atoms with Crippen molar-refractivity contribution in [3.8, 4) is 0 Å². The van der Waals surface area contributed by atoms with Crippen LogP contribution in [0.1, 0.15) is 82.9 Å². The first-order valence-electron chi connectivity index (χ1n) is 11.9. The normalized spacial score (nSPS) is 28.3. The highest BCUT2D eigenvalue weighted by Gasteiger charge is 2.45. The number of piperidine rings is 1. The number of nitrogens with one attached hydrogen (secondary N) is 2. The molecule has 0 radical (unpaired) electrons. The van der Waals surface area contributed by atoms with Gasteiger partial charge in [0.1, 0.15) is 5.82 Å². The number of nitrogens with zero attached hydrogens (tertiary/aromatic N) is 4. The van der Waals surface area contributed by atoms with Gasteiger partial charge in [-0.1, -0.05) is 17.7 Å². The van der Waals surface area contributed by atoms with Gasteiger partial charge in [-0.3, -0.25) is 9.48 Å². The molecule has 3 aromatic rings. The van der Waals surface area contributed by atoms with Gasteiger partial charge < -0.3 is 10.6 Å². The zero-order chi connectivity index (χ0) is 22.9. The minimum atomic E-state index is -0.0556. The second kappa shape index (κ2) is 7.77. The molecule has 7 nitrogen and oxygen atoms in total. The maximum absolute atomic E-state index is 12.8. The minimum Gasteiger partial charge on any atom is -0.355 e. The first-order chi connectivity index (χ1) is 15.9. The molecule has 3 aliphatic rings. The molecule has 3 fully saturated rings. The van der Waals surface area contributed by atoms with Gasteiger partial charge in [0.2, 0.25) is 0 Å². The Morgan fingerprint density at radius 1 is 1.18 bits per heavy atom. The summed E-state index contributed by atoms with van der Waals surface area (Å²) in [4.78, 5) is 21.7. The number of fused-ring (bicyclic) bond motifs is 3. The van der Waals surface area contributed by atoms with Crippen molar-refractivity contribution >= 4 is 28.5 Å². The van der Waals surface area contributed by atoms with Crippen molar-refractivity contribution in [3.05, 3.63) is 51.6 Å². The van der Waals surface area contributed by atoms with Gasteiger partial charge in [-0.05, 0) is 68.1 Å². The highest BCUT2D eigenvalue weighted by atomic mass is 35.5. The van der Waals surface area contributed by atoms with E-state index in [-0.39, 0.29) is 5.91 Å². The van der Waals surface area contributed by atoms with Crippen molar-refractivity contribution in [2.75, 3.05) is 7.05 Å². The van der Waals surface area contributed by atoms with Gasteiger partial charge in [0, 0.05) is 48.9 Å². The Labute approximate surface area is 198 Å². The van der Waals surface area contributed by atoms with Crippen molar-refractivity contribution in [1.82, 2.24) is 30.4 Å². The number of aromatic nitrogens is 4. The quantitative estimate of drug-likeness (QED) is 0.610. The number of carbonyl (C=O) groups excluding carboxylic acids is 1. The fourth-order valence-electron chi connectivity index (χ4n) is 6.18. The zero-order valence-corrected chi connectivity index (χ0v) is 20.0. The molecule has 1 aromatic carbocycles. The Morgan fingerprint density at radius 3 is 2.67 bits per heavy atom. The molecule has 2 aromatic heterocycles. The van der Waals surface area contributed by atoms with Crippen LogP contribution in [0.3, 0.4) is 0 Å². The summed E-state index contributed by atoms with van der Waals surface area (Å²) in [6, 6.07) is 5.10. The van der Waals surface area contributed by atoms with Gasteiger partial charge in [0.25, 0.3) is 5.91 Å². The number of aryl methyl sites for hydroxylation is 2. The van der Waals surface area contributed by atoms with Crippen LogP contribution in [0, 0.1) is 6.92 Å². The Bertz CT molecular complexity index is 1260. The third-order valence-electron chi connectivity index (χ3n) is 7.83. The van der Waals surface area contributed by atoms with Gasteiger partial charge in [0.15, 0.2) is 5.65 Å². The van der Waals surface area contributed by atoms with Crippen molar-refractivity contribution in [1.29, 1.82) is 0 Å². The van der Waals surface area contributed by atoms with Gasteiger partial charge in [-0.2, -0.15) is 5.10 Å². The Balaban J connectivity index is 1.38. The van der Waals surface area contributed by atoms with Crippen LogP contribution in [0.5, 0.6) is 0 Å². The van der Waals surface area contributed by atoms with E-state index in [2.05, 4.69) is 26.7 Å². The van der Waals surface area contributed by atoms with Crippen LogP contribution in [-0.2, 0) is 7.05 Å². The van der Waals surface area contributed by atoms with Crippen LogP contribution in [0.2, 0.25) is 5.02 Å². The van der Waals surface area contributed by atoms with Gasteiger partial charge in [-0.15, -0.1) is 0 Å². The standard InChI is InChI=1S/C25H29ClN6O/c1-12-28-11-20-23(31-32(3)24(20)29-12)19-10-18(19)16-6-7-17(25(33)27-2)21(22(16)26)13-8-14-4-5-15(9-13)30-14/h6-7,11,13-15,18-19,30H,4-5,8-10H2,1-3H3,(H,27,33)/t13?,14-,15+,18-,19+/m1/s1.